The summed E-state index contributed by atoms with van der Waals surface area (Å²) in [7, 11) is 0. The third kappa shape index (κ3) is 3.59. The van der Waals surface area contributed by atoms with Crippen LogP contribution in [-0.2, 0) is 4.79 Å². The maximum absolute atomic E-state index is 11.5. The van der Waals surface area contributed by atoms with Crippen LogP contribution in [0.5, 0.6) is 0 Å². The van der Waals surface area contributed by atoms with Gasteiger partial charge in [-0.25, -0.2) is 0 Å². The number of aryl methyl sites for hydroxylation is 1. The Kier molecular flexibility index (Phi) is 3.31. The van der Waals surface area contributed by atoms with E-state index in [1.807, 2.05) is 52.0 Å². The zero-order valence-electron chi connectivity index (χ0n) is 9.72. The van der Waals surface area contributed by atoms with Crippen molar-refractivity contribution in [3.8, 4) is 11.8 Å². The van der Waals surface area contributed by atoms with E-state index < -0.39 is 0 Å². The highest BCUT2D eigenvalue weighted by molar-refractivity contribution is 5.99. The molecule has 1 aromatic carbocycles. The summed E-state index contributed by atoms with van der Waals surface area (Å²) in [6.45, 7) is 7.65. The van der Waals surface area contributed by atoms with Gasteiger partial charge in [-0.3, -0.25) is 4.79 Å². The first-order valence-corrected chi connectivity index (χ1v) is 5.03. The second-order valence-corrected chi connectivity index (χ2v) is 4.70. The van der Waals surface area contributed by atoms with Gasteiger partial charge < -0.3 is 0 Å². The predicted octanol–water partition coefficient (Wildman–Crippen LogP) is 2.96. The van der Waals surface area contributed by atoms with Crippen molar-refractivity contribution in [1.29, 1.82) is 0 Å². The first kappa shape index (κ1) is 11.5. The standard InChI is InChI=1S/C14H16O/c1-11-5-7-12(8-6-11)9-10-13(15)14(2,3)4/h5-8H,1-4H3. The average Bonchev–Trinajstić information content (AvgIpc) is 2.15. The molecule has 0 fully saturated rings. The van der Waals surface area contributed by atoms with Crippen LogP contribution in [0.15, 0.2) is 24.3 Å². The van der Waals surface area contributed by atoms with Gasteiger partial charge in [0.2, 0.25) is 5.78 Å². The third-order valence-electron chi connectivity index (χ3n) is 2.05. The maximum Gasteiger partial charge on any atom is 0.211 e. The fourth-order valence-electron chi connectivity index (χ4n) is 0.953. The Morgan fingerprint density at radius 2 is 1.67 bits per heavy atom. The number of rotatable bonds is 0. The highest BCUT2D eigenvalue weighted by Crippen LogP contribution is 2.13. The Bertz CT molecular complexity index is 407. The van der Waals surface area contributed by atoms with Gasteiger partial charge in [0, 0.05) is 11.0 Å². The van der Waals surface area contributed by atoms with Crippen molar-refractivity contribution in [2.75, 3.05) is 0 Å². The van der Waals surface area contributed by atoms with E-state index in [2.05, 4.69) is 11.8 Å². The van der Waals surface area contributed by atoms with Crippen LogP contribution in [-0.4, -0.2) is 5.78 Å². The smallest absolute Gasteiger partial charge is 0.211 e. The Labute approximate surface area is 91.5 Å². The summed E-state index contributed by atoms with van der Waals surface area (Å²) in [5, 5.41) is 0. The molecule has 1 aromatic rings. The lowest BCUT2D eigenvalue weighted by molar-refractivity contribution is -0.120. The van der Waals surface area contributed by atoms with Gasteiger partial charge in [-0.2, -0.15) is 0 Å². The lowest BCUT2D eigenvalue weighted by Gasteiger charge is -2.10. The summed E-state index contributed by atoms with van der Waals surface area (Å²) in [5.74, 6) is 5.52. The fraction of sp³-hybridized carbons (Fsp3) is 0.357. The topological polar surface area (TPSA) is 17.1 Å². The molecule has 0 aliphatic heterocycles. The third-order valence-corrected chi connectivity index (χ3v) is 2.05. The summed E-state index contributed by atoms with van der Waals surface area (Å²) in [4.78, 5) is 11.5. The number of ketones is 1. The van der Waals surface area contributed by atoms with Crippen LogP contribution < -0.4 is 0 Å². The quantitative estimate of drug-likeness (QED) is 0.588. The molecular weight excluding hydrogens is 184 g/mol. The molecule has 0 aliphatic carbocycles. The molecule has 0 saturated carbocycles. The van der Waals surface area contributed by atoms with Crippen LogP contribution >= 0.6 is 0 Å². The molecular formula is C14H16O. The van der Waals surface area contributed by atoms with E-state index in [-0.39, 0.29) is 11.2 Å². The van der Waals surface area contributed by atoms with Gasteiger partial charge in [-0.15, -0.1) is 0 Å². The zero-order chi connectivity index (χ0) is 11.5. The Morgan fingerprint density at radius 1 is 1.13 bits per heavy atom. The van der Waals surface area contributed by atoms with Gasteiger partial charge in [-0.1, -0.05) is 44.4 Å². The second kappa shape index (κ2) is 4.31. The van der Waals surface area contributed by atoms with Crippen molar-refractivity contribution in [1.82, 2.24) is 0 Å². The van der Waals surface area contributed by atoms with Crippen LogP contribution in [0, 0.1) is 24.2 Å². The summed E-state index contributed by atoms with van der Waals surface area (Å²) in [5.41, 5.74) is 1.71. The van der Waals surface area contributed by atoms with E-state index in [1.54, 1.807) is 0 Å². The van der Waals surface area contributed by atoms with Gasteiger partial charge in [0.1, 0.15) is 0 Å². The predicted molar refractivity (Wildman–Crippen MR) is 62.5 cm³/mol. The monoisotopic (exact) mass is 200 g/mol. The Balaban J connectivity index is 2.83. The number of benzene rings is 1. The molecule has 0 atom stereocenters. The SMILES string of the molecule is Cc1ccc(C#CC(=O)C(C)(C)C)cc1. The summed E-state index contributed by atoms with van der Waals surface area (Å²) >= 11 is 0. The molecule has 0 heterocycles. The van der Waals surface area contributed by atoms with Crippen molar-refractivity contribution >= 4 is 5.78 Å². The molecule has 0 N–H and O–H groups in total. The average molecular weight is 200 g/mol. The molecule has 1 nitrogen and oxygen atoms in total. The lowest BCUT2D eigenvalue weighted by atomic mass is 9.91. The van der Waals surface area contributed by atoms with Gasteiger partial charge >= 0.3 is 0 Å². The van der Waals surface area contributed by atoms with Crippen LogP contribution in [0.3, 0.4) is 0 Å². The van der Waals surface area contributed by atoms with Crippen molar-refractivity contribution in [3.05, 3.63) is 35.4 Å². The first-order chi connectivity index (χ1) is 6.89. The van der Waals surface area contributed by atoms with E-state index in [4.69, 9.17) is 0 Å². The van der Waals surface area contributed by atoms with Crippen LogP contribution in [0.4, 0.5) is 0 Å². The number of carbonyl (C=O) groups is 1. The minimum absolute atomic E-state index is 0.0249. The molecule has 0 amide bonds. The first-order valence-electron chi connectivity index (χ1n) is 5.03. The van der Waals surface area contributed by atoms with Crippen molar-refractivity contribution in [3.63, 3.8) is 0 Å². The number of hydrogen-bond donors (Lipinski definition) is 0. The fourth-order valence-corrected chi connectivity index (χ4v) is 0.953. The lowest BCUT2D eigenvalue weighted by Crippen LogP contribution is -2.17. The molecule has 1 heteroatoms. The molecule has 0 unspecified atom stereocenters. The summed E-state index contributed by atoms with van der Waals surface area (Å²) < 4.78 is 0. The molecule has 15 heavy (non-hydrogen) atoms. The summed E-state index contributed by atoms with van der Waals surface area (Å²) in [6.07, 6.45) is 0. The Morgan fingerprint density at radius 3 is 2.13 bits per heavy atom. The maximum atomic E-state index is 11.5. The largest absolute Gasteiger partial charge is 0.284 e. The van der Waals surface area contributed by atoms with E-state index in [0.717, 1.165) is 5.56 Å². The molecule has 1 rings (SSSR count). The number of carbonyl (C=O) groups excluding carboxylic acids is 1. The van der Waals surface area contributed by atoms with E-state index in [9.17, 15) is 4.79 Å². The van der Waals surface area contributed by atoms with E-state index in [0.29, 0.717) is 0 Å². The van der Waals surface area contributed by atoms with Gasteiger partial charge in [0.25, 0.3) is 0 Å². The highest BCUT2D eigenvalue weighted by atomic mass is 16.1. The molecule has 0 bridgehead atoms. The van der Waals surface area contributed by atoms with Crippen LogP contribution in [0.1, 0.15) is 31.9 Å². The molecule has 0 aromatic heterocycles. The second-order valence-electron chi connectivity index (χ2n) is 4.70. The molecule has 0 aliphatic rings. The minimum atomic E-state index is -0.377. The van der Waals surface area contributed by atoms with Crippen LogP contribution in [0.25, 0.3) is 0 Å². The molecule has 78 valence electrons. The zero-order valence-corrected chi connectivity index (χ0v) is 9.72. The van der Waals surface area contributed by atoms with Crippen LogP contribution in [0.2, 0.25) is 0 Å². The molecule has 0 saturated heterocycles. The van der Waals surface area contributed by atoms with Gasteiger partial charge in [0.15, 0.2) is 0 Å². The number of hydrogen-bond acceptors (Lipinski definition) is 1. The highest BCUT2D eigenvalue weighted by Gasteiger charge is 2.18. The van der Waals surface area contributed by atoms with E-state index >= 15 is 0 Å². The number of Topliss-reactive ketones (excluding diaryl/α,β-unsaturated/α-hetero) is 1. The Hall–Kier alpha value is -1.55. The van der Waals surface area contributed by atoms with Crippen molar-refractivity contribution < 1.29 is 4.79 Å². The molecule has 0 spiro atoms. The normalized spacial score (nSPS) is 10.4. The van der Waals surface area contributed by atoms with E-state index in [1.165, 1.54) is 5.56 Å². The van der Waals surface area contributed by atoms with Crippen molar-refractivity contribution in [2.24, 2.45) is 5.41 Å². The van der Waals surface area contributed by atoms with Crippen molar-refractivity contribution in [2.45, 2.75) is 27.7 Å². The molecule has 0 radical (unpaired) electrons. The minimum Gasteiger partial charge on any atom is -0.284 e. The van der Waals surface area contributed by atoms with Gasteiger partial charge in [-0.05, 0) is 25.0 Å². The van der Waals surface area contributed by atoms with Gasteiger partial charge in [0.05, 0.1) is 0 Å². The summed E-state index contributed by atoms with van der Waals surface area (Å²) in [6, 6.07) is 7.84.